The first-order valence-corrected chi connectivity index (χ1v) is 10.7. The lowest BCUT2D eigenvalue weighted by molar-refractivity contribution is -0.161. The molecule has 2 aliphatic rings. The number of carbonyl (C=O) groups is 1. The van der Waals surface area contributed by atoms with Gasteiger partial charge in [0.15, 0.2) is 11.6 Å². The molecule has 2 aromatic heterocycles. The van der Waals surface area contributed by atoms with E-state index in [4.69, 9.17) is 4.42 Å². The molecule has 1 aromatic carbocycles. The molecule has 2 fully saturated rings. The van der Waals surface area contributed by atoms with Crippen LogP contribution in [0, 0.1) is 18.7 Å². The Bertz CT molecular complexity index is 1240. The summed E-state index contributed by atoms with van der Waals surface area (Å²) < 4.78 is 57.3. The topological polar surface area (TPSA) is 97.0 Å². The second-order valence-electron chi connectivity index (χ2n) is 8.90. The molecule has 0 radical (unpaired) electrons. The van der Waals surface area contributed by atoms with E-state index < -0.39 is 29.5 Å². The zero-order chi connectivity index (χ0) is 24.3. The van der Waals surface area contributed by atoms with Gasteiger partial charge in [-0.2, -0.15) is 13.2 Å². The number of rotatable bonds is 3. The fourth-order valence-electron chi connectivity index (χ4n) is 5.05. The number of aryl methyl sites for hydroxylation is 1. The van der Waals surface area contributed by atoms with E-state index in [1.165, 1.54) is 4.90 Å². The number of fused-ring (bicyclic) bond motifs is 2. The maximum Gasteiger partial charge on any atom is 0.470 e. The summed E-state index contributed by atoms with van der Waals surface area (Å²) in [5, 5.41) is 9.63. The van der Waals surface area contributed by atoms with Crippen LogP contribution in [0.4, 0.5) is 28.0 Å². The zero-order valence-electron chi connectivity index (χ0n) is 18.2. The van der Waals surface area contributed by atoms with Crippen molar-refractivity contribution in [3.63, 3.8) is 0 Å². The SMILES string of the molecule is Cc1ccc(NC(=O)N2[C@@H]3C[C@@H](C)C[C@@]2(c2nnc(C(F)(F)F)o2)C3)cc1-c1ncc(F)cn1. The summed E-state index contributed by atoms with van der Waals surface area (Å²) in [6, 6.07) is 4.49. The predicted molar refractivity (Wildman–Crippen MR) is 111 cm³/mol. The molecule has 4 heterocycles. The van der Waals surface area contributed by atoms with Crippen molar-refractivity contribution in [1.82, 2.24) is 25.1 Å². The summed E-state index contributed by atoms with van der Waals surface area (Å²) in [5.74, 6) is -1.73. The largest absolute Gasteiger partial charge is 0.470 e. The highest BCUT2D eigenvalue weighted by molar-refractivity contribution is 5.91. The van der Waals surface area contributed by atoms with Crippen LogP contribution >= 0.6 is 0 Å². The molecule has 178 valence electrons. The maximum absolute atomic E-state index is 13.3. The fourth-order valence-corrected chi connectivity index (χ4v) is 5.05. The van der Waals surface area contributed by atoms with Gasteiger partial charge >= 0.3 is 18.1 Å². The second kappa shape index (κ2) is 7.74. The first kappa shape index (κ1) is 22.2. The monoisotopic (exact) mass is 476 g/mol. The van der Waals surface area contributed by atoms with Crippen LogP contribution in [0.5, 0.6) is 0 Å². The Morgan fingerprint density at radius 1 is 1.21 bits per heavy atom. The van der Waals surface area contributed by atoms with Crippen LogP contribution in [-0.2, 0) is 11.7 Å². The van der Waals surface area contributed by atoms with Gasteiger partial charge in [-0.25, -0.2) is 19.2 Å². The normalized spacial score (nSPS) is 24.0. The van der Waals surface area contributed by atoms with Gasteiger partial charge in [-0.05, 0) is 43.4 Å². The molecule has 3 aromatic rings. The summed E-state index contributed by atoms with van der Waals surface area (Å²) in [7, 11) is 0. The Kier molecular flexibility index (Phi) is 5.06. The molecule has 1 N–H and O–H groups in total. The summed E-state index contributed by atoms with van der Waals surface area (Å²) in [6.45, 7) is 3.81. The highest BCUT2D eigenvalue weighted by atomic mass is 19.4. The first-order chi connectivity index (χ1) is 16.1. The van der Waals surface area contributed by atoms with Crippen LogP contribution in [0.1, 0.15) is 43.5 Å². The van der Waals surface area contributed by atoms with Crippen molar-refractivity contribution in [2.75, 3.05) is 5.32 Å². The van der Waals surface area contributed by atoms with Crippen molar-refractivity contribution in [3.05, 3.63) is 53.8 Å². The van der Waals surface area contributed by atoms with Crippen molar-refractivity contribution < 1.29 is 26.8 Å². The molecule has 8 nitrogen and oxygen atoms in total. The molecule has 2 saturated heterocycles. The number of aromatic nitrogens is 4. The number of carbonyl (C=O) groups excluding carboxylic acids is 1. The molecule has 3 atom stereocenters. The summed E-state index contributed by atoms with van der Waals surface area (Å²) >= 11 is 0. The third kappa shape index (κ3) is 3.66. The number of hydrogen-bond donors (Lipinski definition) is 1. The Morgan fingerprint density at radius 3 is 2.62 bits per heavy atom. The molecule has 0 spiro atoms. The minimum absolute atomic E-state index is 0.157. The third-order valence-corrected chi connectivity index (χ3v) is 6.39. The maximum atomic E-state index is 13.3. The molecule has 12 heteroatoms. The smallest absolute Gasteiger partial charge is 0.415 e. The summed E-state index contributed by atoms with van der Waals surface area (Å²) in [4.78, 5) is 22.8. The lowest BCUT2D eigenvalue weighted by Crippen LogP contribution is -2.70. The van der Waals surface area contributed by atoms with E-state index in [2.05, 4.69) is 25.5 Å². The van der Waals surface area contributed by atoms with Gasteiger partial charge in [0.05, 0.1) is 12.4 Å². The molecule has 34 heavy (non-hydrogen) atoms. The van der Waals surface area contributed by atoms with E-state index in [1.54, 1.807) is 18.2 Å². The van der Waals surface area contributed by atoms with Crippen molar-refractivity contribution in [2.24, 2.45) is 5.92 Å². The number of alkyl halides is 3. The molecule has 5 rings (SSSR count). The molecule has 2 amide bonds. The van der Waals surface area contributed by atoms with Crippen molar-refractivity contribution in [1.29, 1.82) is 0 Å². The predicted octanol–water partition coefficient (Wildman–Crippen LogP) is 4.92. The molecule has 0 unspecified atom stereocenters. The van der Waals surface area contributed by atoms with Crippen LogP contribution in [0.2, 0.25) is 0 Å². The van der Waals surface area contributed by atoms with E-state index in [9.17, 15) is 22.4 Å². The lowest BCUT2D eigenvalue weighted by atomic mass is 9.64. The standard InChI is InChI=1S/C22H20F4N6O2/c1-11-5-15-8-21(7-11,18-30-31-19(34-18)22(24,25)26)32(15)20(33)29-14-4-3-12(2)16(6-14)17-27-9-13(23)10-28-17/h3-4,6,9-11,15H,5,7-8H2,1-2H3,(H,29,33)/t11-,15-,21+/m1/s1. The number of benzene rings is 1. The van der Waals surface area contributed by atoms with Gasteiger partial charge in [0.1, 0.15) is 5.54 Å². The highest BCUT2D eigenvalue weighted by Crippen LogP contribution is 2.55. The van der Waals surface area contributed by atoms with E-state index in [-0.39, 0.29) is 17.9 Å². The summed E-state index contributed by atoms with van der Waals surface area (Å²) in [6.07, 6.45) is -1.07. The Balaban J connectivity index is 1.43. The molecular formula is C22H20F4N6O2. The minimum Gasteiger partial charge on any atom is -0.415 e. The van der Waals surface area contributed by atoms with Gasteiger partial charge in [-0.15, -0.1) is 10.2 Å². The fraction of sp³-hybridized carbons (Fsp3) is 0.409. The van der Waals surface area contributed by atoms with Crippen LogP contribution in [-0.4, -0.2) is 37.1 Å². The third-order valence-electron chi connectivity index (χ3n) is 6.39. The number of nitrogens with one attached hydrogen (secondary N) is 1. The Labute approximate surface area is 191 Å². The van der Waals surface area contributed by atoms with Gasteiger partial charge in [0.25, 0.3) is 0 Å². The average Bonchev–Trinajstić information content (AvgIpc) is 3.26. The van der Waals surface area contributed by atoms with Crippen LogP contribution in [0.15, 0.2) is 35.0 Å². The quantitative estimate of drug-likeness (QED) is 0.539. The Hall–Kier alpha value is -3.57. The molecule has 0 aliphatic carbocycles. The van der Waals surface area contributed by atoms with E-state index >= 15 is 0 Å². The summed E-state index contributed by atoms with van der Waals surface area (Å²) in [5.41, 5.74) is 0.780. The number of nitrogens with zero attached hydrogens (tertiary/aromatic N) is 5. The second-order valence-corrected chi connectivity index (χ2v) is 8.90. The van der Waals surface area contributed by atoms with Gasteiger partial charge in [-0.1, -0.05) is 13.0 Å². The number of piperidine rings is 1. The van der Waals surface area contributed by atoms with Gasteiger partial charge in [0, 0.05) is 23.7 Å². The van der Waals surface area contributed by atoms with Crippen molar-refractivity contribution in [2.45, 2.75) is 50.9 Å². The van der Waals surface area contributed by atoms with Gasteiger partial charge < -0.3 is 14.6 Å². The number of urea groups is 1. The van der Waals surface area contributed by atoms with E-state index in [0.29, 0.717) is 29.9 Å². The van der Waals surface area contributed by atoms with E-state index in [0.717, 1.165) is 24.4 Å². The van der Waals surface area contributed by atoms with Crippen LogP contribution in [0.25, 0.3) is 11.4 Å². The van der Waals surface area contributed by atoms with Crippen LogP contribution in [0.3, 0.4) is 0 Å². The number of amides is 2. The van der Waals surface area contributed by atoms with Crippen LogP contribution < -0.4 is 5.32 Å². The number of hydrogen-bond acceptors (Lipinski definition) is 6. The molecule has 2 aliphatic heterocycles. The zero-order valence-corrected chi connectivity index (χ0v) is 18.2. The lowest BCUT2D eigenvalue weighted by Gasteiger charge is -2.61. The highest BCUT2D eigenvalue weighted by Gasteiger charge is 2.62. The van der Waals surface area contributed by atoms with E-state index in [1.807, 2.05) is 13.8 Å². The van der Waals surface area contributed by atoms with Gasteiger partial charge in [-0.3, -0.25) is 0 Å². The Morgan fingerprint density at radius 2 is 1.94 bits per heavy atom. The van der Waals surface area contributed by atoms with Gasteiger partial charge in [0.2, 0.25) is 5.89 Å². The minimum atomic E-state index is -4.76. The van der Waals surface area contributed by atoms with Crippen molar-refractivity contribution in [3.8, 4) is 11.4 Å². The number of anilines is 1. The van der Waals surface area contributed by atoms with Crippen molar-refractivity contribution >= 4 is 11.7 Å². The first-order valence-electron chi connectivity index (χ1n) is 10.7. The molecule has 0 saturated carbocycles. The molecule has 2 bridgehead atoms. The number of halogens is 4. The molecular weight excluding hydrogens is 456 g/mol. The average molecular weight is 476 g/mol.